The molecular weight excluding hydrogens is 298 g/mol. The molecule has 0 saturated carbocycles. The van der Waals surface area contributed by atoms with Crippen LogP contribution in [-0.2, 0) is 0 Å². The Morgan fingerprint density at radius 1 is 1.00 bits per heavy atom. The van der Waals surface area contributed by atoms with Crippen molar-refractivity contribution >= 4 is 0 Å². The second-order valence-electron chi connectivity index (χ2n) is 5.96. The number of methoxy groups -OCH3 is 1. The van der Waals surface area contributed by atoms with Gasteiger partial charge in [0.25, 0.3) is 0 Å². The molecule has 1 aromatic heterocycles. The molecule has 1 aliphatic rings. The Morgan fingerprint density at radius 3 is 2.58 bits per heavy atom. The Hall–Kier alpha value is -2.81. The van der Waals surface area contributed by atoms with E-state index < -0.39 is 0 Å². The van der Waals surface area contributed by atoms with E-state index in [-0.39, 0.29) is 12.0 Å². The lowest BCUT2D eigenvalue weighted by Crippen LogP contribution is -2.20. The molecule has 3 heteroatoms. The highest BCUT2D eigenvalue weighted by Gasteiger charge is 2.31. The lowest BCUT2D eigenvalue weighted by molar-refractivity contribution is 0.163. The molecule has 0 fully saturated rings. The summed E-state index contributed by atoms with van der Waals surface area (Å²) in [5.74, 6) is 2.03. The first-order valence-electron chi connectivity index (χ1n) is 8.15. The van der Waals surface area contributed by atoms with E-state index in [0.717, 1.165) is 23.6 Å². The second-order valence-corrected chi connectivity index (χ2v) is 5.96. The Labute approximate surface area is 141 Å². The highest BCUT2D eigenvalue weighted by molar-refractivity contribution is 5.48. The van der Waals surface area contributed by atoms with E-state index in [2.05, 4.69) is 35.3 Å². The summed E-state index contributed by atoms with van der Waals surface area (Å²) < 4.78 is 11.7. The van der Waals surface area contributed by atoms with Gasteiger partial charge in [-0.2, -0.15) is 0 Å². The van der Waals surface area contributed by atoms with Crippen LogP contribution in [0.3, 0.4) is 0 Å². The molecule has 120 valence electrons. The van der Waals surface area contributed by atoms with Crippen molar-refractivity contribution in [3.05, 3.63) is 89.7 Å². The lowest BCUT2D eigenvalue weighted by Gasteiger charge is -2.32. The minimum absolute atomic E-state index is 0.0442. The van der Waals surface area contributed by atoms with E-state index in [1.807, 2.05) is 42.6 Å². The van der Waals surface area contributed by atoms with Crippen LogP contribution in [-0.4, -0.2) is 12.1 Å². The molecule has 0 N–H and O–H groups in total. The van der Waals surface area contributed by atoms with Gasteiger partial charge in [0.15, 0.2) is 0 Å². The van der Waals surface area contributed by atoms with E-state index in [1.165, 1.54) is 11.1 Å². The average Bonchev–Trinajstić information content (AvgIpc) is 2.68. The number of benzene rings is 2. The van der Waals surface area contributed by atoms with E-state index in [4.69, 9.17) is 9.47 Å². The zero-order valence-electron chi connectivity index (χ0n) is 13.6. The van der Waals surface area contributed by atoms with Crippen molar-refractivity contribution in [1.29, 1.82) is 0 Å². The van der Waals surface area contributed by atoms with Crippen LogP contribution in [0.2, 0.25) is 0 Å². The van der Waals surface area contributed by atoms with Gasteiger partial charge in [-0.15, -0.1) is 0 Å². The normalized spacial score (nSPS) is 19.2. The monoisotopic (exact) mass is 317 g/mol. The third kappa shape index (κ3) is 2.73. The first-order valence-corrected chi connectivity index (χ1v) is 8.15. The quantitative estimate of drug-likeness (QED) is 0.699. The number of fused-ring (bicyclic) bond motifs is 1. The number of pyridine rings is 1. The molecule has 0 aliphatic carbocycles. The maximum atomic E-state index is 6.25. The summed E-state index contributed by atoms with van der Waals surface area (Å²) in [5, 5.41) is 0. The number of ether oxygens (including phenoxy) is 2. The first-order chi connectivity index (χ1) is 11.8. The number of hydrogen-bond donors (Lipinski definition) is 0. The fraction of sp³-hybridized carbons (Fsp3) is 0.190. The van der Waals surface area contributed by atoms with Crippen LogP contribution in [0, 0.1) is 0 Å². The molecule has 3 nitrogen and oxygen atoms in total. The topological polar surface area (TPSA) is 31.4 Å². The van der Waals surface area contributed by atoms with E-state index in [1.54, 1.807) is 7.11 Å². The van der Waals surface area contributed by atoms with Crippen molar-refractivity contribution in [2.45, 2.75) is 18.4 Å². The van der Waals surface area contributed by atoms with Gasteiger partial charge < -0.3 is 9.47 Å². The zero-order valence-corrected chi connectivity index (χ0v) is 13.6. The minimum Gasteiger partial charge on any atom is -0.497 e. The van der Waals surface area contributed by atoms with Gasteiger partial charge >= 0.3 is 0 Å². The highest BCUT2D eigenvalue weighted by Crippen LogP contribution is 2.45. The predicted molar refractivity (Wildman–Crippen MR) is 93.5 cm³/mol. The smallest absolute Gasteiger partial charge is 0.141 e. The van der Waals surface area contributed by atoms with Gasteiger partial charge in [0.05, 0.1) is 12.8 Å². The predicted octanol–water partition coefficient (Wildman–Crippen LogP) is 4.75. The lowest BCUT2D eigenvalue weighted by atomic mass is 9.83. The standard InChI is InChI=1S/C21H19NO2/c1-23-16-10-11-20-18(13-16)17(15-7-3-2-4-8-15)14-21(24-20)19-9-5-6-12-22-19/h2-13,17,21H,14H2,1H3/t17-,21-/m1/s1. The molecular formula is C21H19NO2. The molecule has 24 heavy (non-hydrogen) atoms. The molecule has 0 amide bonds. The summed E-state index contributed by atoms with van der Waals surface area (Å²) in [6.45, 7) is 0. The molecule has 1 aliphatic heterocycles. The summed E-state index contributed by atoms with van der Waals surface area (Å²) in [6, 6.07) is 22.6. The highest BCUT2D eigenvalue weighted by atomic mass is 16.5. The van der Waals surface area contributed by atoms with Crippen LogP contribution in [0.15, 0.2) is 72.9 Å². The number of nitrogens with zero attached hydrogens (tertiary/aromatic N) is 1. The molecule has 0 unspecified atom stereocenters. The maximum Gasteiger partial charge on any atom is 0.141 e. The Bertz CT molecular complexity index is 818. The number of hydrogen-bond acceptors (Lipinski definition) is 3. The average molecular weight is 317 g/mol. The Balaban J connectivity index is 1.79. The van der Waals surface area contributed by atoms with Gasteiger partial charge in [0, 0.05) is 24.1 Å². The van der Waals surface area contributed by atoms with Crippen molar-refractivity contribution in [3.8, 4) is 11.5 Å². The van der Waals surface area contributed by atoms with E-state index in [9.17, 15) is 0 Å². The largest absolute Gasteiger partial charge is 0.497 e. The van der Waals surface area contributed by atoms with Crippen LogP contribution in [0.25, 0.3) is 0 Å². The molecule has 0 spiro atoms. The molecule has 0 radical (unpaired) electrons. The van der Waals surface area contributed by atoms with E-state index >= 15 is 0 Å². The molecule has 2 atom stereocenters. The SMILES string of the molecule is COc1ccc2c(c1)[C@@H](c1ccccc1)C[C@H](c1ccccn1)O2. The van der Waals surface area contributed by atoms with Gasteiger partial charge in [-0.3, -0.25) is 4.98 Å². The van der Waals surface area contributed by atoms with Crippen molar-refractivity contribution in [2.24, 2.45) is 0 Å². The molecule has 2 heterocycles. The van der Waals surface area contributed by atoms with Gasteiger partial charge in [0.1, 0.15) is 17.6 Å². The molecule has 2 aromatic carbocycles. The van der Waals surface area contributed by atoms with Crippen molar-refractivity contribution in [2.75, 3.05) is 7.11 Å². The molecule has 3 aromatic rings. The summed E-state index contributed by atoms with van der Waals surface area (Å²) in [4.78, 5) is 4.49. The van der Waals surface area contributed by atoms with Crippen LogP contribution >= 0.6 is 0 Å². The van der Waals surface area contributed by atoms with Crippen LogP contribution in [0.5, 0.6) is 11.5 Å². The van der Waals surface area contributed by atoms with Gasteiger partial charge in [0.2, 0.25) is 0 Å². The van der Waals surface area contributed by atoms with Crippen LogP contribution in [0.4, 0.5) is 0 Å². The summed E-state index contributed by atoms with van der Waals surface area (Å²) >= 11 is 0. The minimum atomic E-state index is -0.0442. The number of rotatable bonds is 3. The molecule has 0 bridgehead atoms. The van der Waals surface area contributed by atoms with Crippen molar-refractivity contribution in [1.82, 2.24) is 4.98 Å². The fourth-order valence-electron chi connectivity index (χ4n) is 3.32. The first kappa shape index (κ1) is 14.8. The maximum absolute atomic E-state index is 6.25. The third-order valence-electron chi connectivity index (χ3n) is 4.53. The fourth-order valence-corrected chi connectivity index (χ4v) is 3.32. The summed E-state index contributed by atoms with van der Waals surface area (Å²) in [5.41, 5.74) is 3.43. The van der Waals surface area contributed by atoms with Gasteiger partial charge in [-0.1, -0.05) is 36.4 Å². The van der Waals surface area contributed by atoms with Gasteiger partial charge in [-0.25, -0.2) is 0 Å². The second kappa shape index (κ2) is 6.36. The van der Waals surface area contributed by atoms with Crippen LogP contribution in [0.1, 0.15) is 35.3 Å². The van der Waals surface area contributed by atoms with Crippen molar-refractivity contribution < 1.29 is 9.47 Å². The van der Waals surface area contributed by atoms with E-state index in [0.29, 0.717) is 0 Å². The number of aromatic nitrogens is 1. The summed E-state index contributed by atoms with van der Waals surface area (Å²) in [6.07, 6.45) is 2.64. The Morgan fingerprint density at radius 2 is 1.83 bits per heavy atom. The van der Waals surface area contributed by atoms with Gasteiger partial charge in [-0.05, 0) is 35.9 Å². The summed E-state index contributed by atoms with van der Waals surface area (Å²) in [7, 11) is 1.69. The zero-order chi connectivity index (χ0) is 16.4. The molecule has 0 saturated heterocycles. The van der Waals surface area contributed by atoms with Crippen molar-refractivity contribution in [3.63, 3.8) is 0 Å². The van der Waals surface area contributed by atoms with Crippen LogP contribution < -0.4 is 9.47 Å². The molecule has 4 rings (SSSR count). The Kier molecular flexibility index (Phi) is 3.91. The third-order valence-corrected chi connectivity index (χ3v) is 4.53.